The molecule has 0 aromatic heterocycles. The van der Waals surface area contributed by atoms with Crippen LogP contribution in [0.25, 0.3) is 0 Å². The molecule has 0 heterocycles. The van der Waals surface area contributed by atoms with Gasteiger partial charge in [-0.2, -0.15) is 0 Å². The molecule has 24 heavy (non-hydrogen) atoms. The van der Waals surface area contributed by atoms with Gasteiger partial charge >= 0.3 is 5.97 Å². The molecule has 0 amide bonds. The fraction of sp³-hybridized carbons (Fsp3) is 0.176. The summed E-state index contributed by atoms with van der Waals surface area (Å²) < 4.78 is 5.08. The molecule has 7 heteroatoms. The van der Waals surface area contributed by atoms with E-state index in [-0.39, 0.29) is 5.97 Å². The minimum absolute atomic E-state index is 0.333. The van der Waals surface area contributed by atoms with E-state index in [4.69, 9.17) is 40.2 Å². The molecule has 2 N–H and O–H groups in total. The van der Waals surface area contributed by atoms with Crippen LogP contribution in [0.1, 0.15) is 23.7 Å². The Kier molecular flexibility index (Phi) is 6.85. The summed E-state index contributed by atoms with van der Waals surface area (Å²) in [6.45, 7) is 2.36. The zero-order valence-corrected chi connectivity index (χ0v) is 15.3. The molecular weight excluding hydrogens is 367 g/mol. The van der Waals surface area contributed by atoms with Crippen molar-refractivity contribution in [2.45, 2.75) is 13.3 Å². The summed E-state index contributed by atoms with van der Waals surface area (Å²) in [6, 6.07) is 12.0. The Morgan fingerprint density at radius 2 is 1.67 bits per heavy atom. The van der Waals surface area contributed by atoms with Gasteiger partial charge in [-0.3, -0.25) is 0 Å². The number of carbonyl (C=O) groups is 1. The van der Waals surface area contributed by atoms with Crippen molar-refractivity contribution in [2.24, 2.45) is 0 Å². The summed E-state index contributed by atoms with van der Waals surface area (Å²) in [6.07, 6.45) is 0.792. The number of anilines is 2. The first-order valence-electron chi connectivity index (χ1n) is 7.30. The molecule has 0 aliphatic carbocycles. The van der Waals surface area contributed by atoms with E-state index in [1.54, 1.807) is 42.5 Å². The molecule has 0 aliphatic heterocycles. The van der Waals surface area contributed by atoms with Crippen LogP contribution in [0.4, 0.5) is 11.4 Å². The van der Waals surface area contributed by atoms with Crippen LogP contribution in [0.15, 0.2) is 42.5 Å². The summed E-state index contributed by atoms with van der Waals surface area (Å²) in [4.78, 5) is 11.7. The zero-order chi connectivity index (χ0) is 17.5. The lowest BCUT2D eigenvalue weighted by Crippen LogP contribution is -2.19. The van der Waals surface area contributed by atoms with E-state index in [0.717, 1.165) is 17.8 Å². The number of rotatable bonds is 5. The molecule has 0 fully saturated rings. The van der Waals surface area contributed by atoms with Crippen molar-refractivity contribution >= 4 is 57.9 Å². The second-order valence-electron chi connectivity index (χ2n) is 4.92. The number of nitrogens with one attached hydrogen (secondary N) is 2. The Bertz CT molecular complexity index is 736. The van der Waals surface area contributed by atoms with Crippen LogP contribution in [0.2, 0.25) is 10.0 Å². The van der Waals surface area contributed by atoms with Crippen molar-refractivity contribution in [1.82, 2.24) is 0 Å². The molecular formula is C17H16Cl2N2O2S. The highest BCUT2D eigenvalue weighted by Crippen LogP contribution is 2.25. The lowest BCUT2D eigenvalue weighted by Gasteiger charge is -2.11. The van der Waals surface area contributed by atoms with E-state index in [1.807, 2.05) is 6.92 Å². The number of carbonyl (C=O) groups excluding carboxylic acids is 1. The first-order valence-corrected chi connectivity index (χ1v) is 8.46. The molecule has 2 aromatic carbocycles. The van der Waals surface area contributed by atoms with Gasteiger partial charge in [0, 0.05) is 11.4 Å². The topological polar surface area (TPSA) is 50.4 Å². The molecule has 0 unspecified atom stereocenters. The number of esters is 1. The van der Waals surface area contributed by atoms with Gasteiger partial charge in [-0.05, 0) is 61.1 Å². The largest absolute Gasteiger partial charge is 0.462 e. The predicted octanol–water partition coefficient (Wildman–Crippen LogP) is 5.37. The SMILES string of the molecule is CCCOC(=O)c1ccc(NC(=S)Nc2ccc(Cl)c(Cl)c2)cc1. The summed E-state index contributed by atoms with van der Waals surface area (Å²) in [5.41, 5.74) is 1.97. The predicted molar refractivity (Wildman–Crippen MR) is 103 cm³/mol. The molecule has 0 radical (unpaired) electrons. The zero-order valence-electron chi connectivity index (χ0n) is 12.9. The van der Waals surface area contributed by atoms with Gasteiger partial charge in [0.05, 0.1) is 22.2 Å². The number of ether oxygens (including phenoxy) is 1. The van der Waals surface area contributed by atoms with E-state index < -0.39 is 0 Å². The molecule has 2 rings (SSSR count). The molecule has 0 saturated carbocycles. The fourth-order valence-corrected chi connectivity index (χ4v) is 2.37. The number of thiocarbonyl (C=S) groups is 1. The van der Waals surface area contributed by atoms with Crippen LogP contribution in [-0.2, 0) is 4.74 Å². The van der Waals surface area contributed by atoms with Gasteiger partial charge in [0.1, 0.15) is 0 Å². The van der Waals surface area contributed by atoms with Crippen LogP contribution in [0, 0.1) is 0 Å². The highest BCUT2D eigenvalue weighted by molar-refractivity contribution is 7.80. The molecule has 0 aliphatic rings. The lowest BCUT2D eigenvalue weighted by atomic mass is 10.2. The van der Waals surface area contributed by atoms with E-state index in [2.05, 4.69) is 10.6 Å². The van der Waals surface area contributed by atoms with Crippen molar-refractivity contribution < 1.29 is 9.53 Å². The third-order valence-electron chi connectivity index (χ3n) is 2.99. The third kappa shape index (κ3) is 5.37. The van der Waals surface area contributed by atoms with E-state index in [1.165, 1.54) is 0 Å². The monoisotopic (exact) mass is 382 g/mol. The maximum atomic E-state index is 11.7. The average molecular weight is 383 g/mol. The Hall–Kier alpha value is -1.82. The van der Waals surface area contributed by atoms with Crippen molar-refractivity contribution in [3.8, 4) is 0 Å². The molecule has 4 nitrogen and oxygen atoms in total. The van der Waals surface area contributed by atoms with E-state index in [9.17, 15) is 4.79 Å². The molecule has 2 aromatic rings. The summed E-state index contributed by atoms with van der Waals surface area (Å²) in [5, 5.41) is 7.36. The van der Waals surface area contributed by atoms with Crippen molar-refractivity contribution in [3.63, 3.8) is 0 Å². The van der Waals surface area contributed by atoms with Gasteiger partial charge in [-0.1, -0.05) is 30.1 Å². The summed E-state index contributed by atoms with van der Waals surface area (Å²) in [5.74, 6) is -0.333. The maximum absolute atomic E-state index is 11.7. The number of benzene rings is 2. The molecule has 0 atom stereocenters. The van der Waals surface area contributed by atoms with Gasteiger partial charge in [0.25, 0.3) is 0 Å². The van der Waals surface area contributed by atoms with Gasteiger partial charge in [0.15, 0.2) is 5.11 Å². The molecule has 0 spiro atoms. The standard InChI is InChI=1S/C17H16Cl2N2O2S/c1-2-9-23-16(22)11-3-5-12(6-4-11)20-17(24)21-13-7-8-14(18)15(19)10-13/h3-8,10H,2,9H2,1H3,(H2,20,21,24). The third-order valence-corrected chi connectivity index (χ3v) is 3.94. The Labute approximate surface area is 156 Å². The Morgan fingerprint density at radius 3 is 2.29 bits per heavy atom. The summed E-state index contributed by atoms with van der Waals surface area (Å²) >= 11 is 17.1. The smallest absolute Gasteiger partial charge is 0.338 e. The maximum Gasteiger partial charge on any atom is 0.338 e. The van der Waals surface area contributed by atoms with Crippen LogP contribution in [0.3, 0.4) is 0 Å². The second-order valence-corrected chi connectivity index (χ2v) is 6.14. The van der Waals surface area contributed by atoms with Gasteiger partial charge < -0.3 is 15.4 Å². The first kappa shape index (κ1) is 18.5. The first-order chi connectivity index (χ1) is 11.5. The van der Waals surface area contributed by atoms with E-state index >= 15 is 0 Å². The van der Waals surface area contributed by atoms with Gasteiger partial charge in [-0.25, -0.2) is 4.79 Å². The molecule has 0 saturated heterocycles. The quantitative estimate of drug-likeness (QED) is 0.537. The summed E-state index contributed by atoms with van der Waals surface area (Å²) in [7, 11) is 0. The Balaban J connectivity index is 1.94. The molecule has 126 valence electrons. The second kappa shape index (κ2) is 8.87. The highest BCUT2D eigenvalue weighted by atomic mass is 35.5. The number of hydrogen-bond acceptors (Lipinski definition) is 3. The van der Waals surface area contributed by atoms with Crippen molar-refractivity contribution in [3.05, 3.63) is 58.1 Å². The number of hydrogen-bond donors (Lipinski definition) is 2. The van der Waals surface area contributed by atoms with Crippen LogP contribution < -0.4 is 10.6 Å². The van der Waals surface area contributed by atoms with Crippen LogP contribution in [-0.4, -0.2) is 17.7 Å². The normalized spacial score (nSPS) is 10.1. The highest BCUT2D eigenvalue weighted by Gasteiger charge is 2.07. The minimum Gasteiger partial charge on any atom is -0.462 e. The fourth-order valence-electron chi connectivity index (χ4n) is 1.84. The molecule has 0 bridgehead atoms. The van der Waals surface area contributed by atoms with Crippen molar-refractivity contribution in [2.75, 3.05) is 17.2 Å². The Morgan fingerprint density at radius 1 is 1.04 bits per heavy atom. The minimum atomic E-state index is -0.333. The van der Waals surface area contributed by atoms with Crippen LogP contribution in [0.5, 0.6) is 0 Å². The van der Waals surface area contributed by atoms with Crippen molar-refractivity contribution in [1.29, 1.82) is 0 Å². The van der Waals surface area contributed by atoms with E-state index in [0.29, 0.717) is 27.3 Å². The lowest BCUT2D eigenvalue weighted by molar-refractivity contribution is 0.0505. The number of halogens is 2. The van der Waals surface area contributed by atoms with Crippen LogP contribution >= 0.6 is 35.4 Å². The van der Waals surface area contributed by atoms with Gasteiger partial charge in [0.2, 0.25) is 0 Å². The van der Waals surface area contributed by atoms with Gasteiger partial charge in [-0.15, -0.1) is 0 Å². The average Bonchev–Trinajstić information content (AvgIpc) is 2.56.